The van der Waals surface area contributed by atoms with E-state index in [4.69, 9.17) is 11.5 Å². The van der Waals surface area contributed by atoms with Gasteiger partial charge in [-0.05, 0) is 18.6 Å². The van der Waals surface area contributed by atoms with Crippen LogP contribution in [-0.2, 0) is 0 Å². The Balaban J connectivity index is 3.17. The second-order valence-corrected chi connectivity index (χ2v) is 2.53. The van der Waals surface area contributed by atoms with Gasteiger partial charge in [-0.25, -0.2) is 4.39 Å². The predicted octanol–water partition coefficient (Wildman–Crippen LogP) is 1.43. The summed E-state index contributed by atoms with van der Waals surface area (Å²) in [5, 5.41) is 0. The van der Waals surface area contributed by atoms with Crippen molar-refractivity contribution < 1.29 is 4.39 Å². The lowest BCUT2D eigenvalue weighted by molar-refractivity contribution is 0.628. The van der Waals surface area contributed by atoms with E-state index in [1.165, 1.54) is 6.07 Å². The van der Waals surface area contributed by atoms with Gasteiger partial charge in [-0.2, -0.15) is 0 Å². The van der Waals surface area contributed by atoms with Gasteiger partial charge >= 0.3 is 0 Å². The molecule has 0 bridgehead atoms. The SMILES string of the molecule is C[C@@H](N)c1cccc(F)c1N. The molecule has 1 atom stereocenters. The zero-order valence-corrected chi connectivity index (χ0v) is 6.34. The zero-order valence-electron chi connectivity index (χ0n) is 6.34. The van der Waals surface area contributed by atoms with Gasteiger partial charge in [0.2, 0.25) is 0 Å². The molecule has 3 heteroatoms. The Morgan fingerprint density at radius 1 is 1.45 bits per heavy atom. The zero-order chi connectivity index (χ0) is 8.43. The molecule has 1 aromatic rings. The minimum absolute atomic E-state index is 0.155. The number of nitrogen functional groups attached to an aromatic ring is 1. The molecule has 0 saturated heterocycles. The van der Waals surface area contributed by atoms with Gasteiger partial charge in [-0.3, -0.25) is 0 Å². The molecule has 2 nitrogen and oxygen atoms in total. The second kappa shape index (κ2) is 2.88. The molecule has 0 aliphatic carbocycles. The molecule has 4 N–H and O–H groups in total. The lowest BCUT2D eigenvalue weighted by Gasteiger charge is -2.08. The molecule has 0 heterocycles. The van der Waals surface area contributed by atoms with Gasteiger partial charge in [-0.15, -0.1) is 0 Å². The molecule has 0 fully saturated rings. The fraction of sp³-hybridized carbons (Fsp3) is 0.250. The van der Waals surface area contributed by atoms with Crippen molar-refractivity contribution >= 4 is 5.69 Å². The average molecular weight is 154 g/mol. The number of nitrogens with two attached hydrogens (primary N) is 2. The molecule has 60 valence electrons. The summed E-state index contributed by atoms with van der Waals surface area (Å²) < 4.78 is 12.8. The monoisotopic (exact) mass is 154 g/mol. The minimum atomic E-state index is -0.403. The summed E-state index contributed by atoms with van der Waals surface area (Å²) >= 11 is 0. The number of halogens is 1. The van der Waals surface area contributed by atoms with Gasteiger partial charge in [0.15, 0.2) is 0 Å². The number of hydrogen-bond donors (Lipinski definition) is 2. The van der Waals surface area contributed by atoms with Crippen LogP contribution in [-0.4, -0.2) is 0 Å². The van der Waals surface area contributed by atoms with Crippen molar-refractivity contribution in [2.24, 2.45) is 5.73 Å². The third-order valence-corrected chi connectivity index (χ3v) is 1.58. The second-order valence-electron chi connectivity index (χ2n) is 2.53. The number of para-hydroxylation sites is 1. The first-order valence-electron chi connectivity index (χ1n) is 3.42. The third-order valence-electron chi connectivity index (χ3n) is 1.58. The molecule has 0 aliphatic rings. The van der Waals surface area contributed by atoms with Crippen molar-refractivity contribution in [3.8, 4) is 0 Å². The van der Waals surface area contributed by atoms with Crippen LogP contribution in [0.5, 0.6) is 0 Å². The topological polar surface area (TPSA) is 52.0 Å². The highest BCUT2D eigenvalue weighted by Crippen LogP contribution is 2.20. The molecular weight excluding hydrogens is 143 g/mol. The van der Waals surface area contributed by atoms with Crippen LogP contribution in [0.15, 0.2) is 18.2 Å². The molecular formula is C8H11FN2. The first-order valence-corrected chi connectivity index (χ1v) is 3.42. The van der Waals surface area contributed by atoms with E-state index in [9.17, 15) is 4.39 Å². The number of rotatable bonds is 1. The summed E-state index contributed by atoms with van der Waals surface area (Å²) in [5.41, 5.74) is 11.8. The summed E-state index contributed by atoms with van der Waals surface area (Å²) in [5.74, 6) is -0.403. The smallest absolute Gasteiger partial charge is 0.146 e. The highest BCUT2D eigenvalue weighted by molar-refractivity contribution is 5.49. The molecule has 0 aliphatic heterocycles. The van der Waals surface area contributed by atoms with E-state index < -0.39 is 5.82 Å². The van der Waals surface area contributed by atoms with Gasteiger partial charge in [0, 0.05) is 6.04 Å². The molecule has 0 saturated carbocycles. The van der Waals surface area contributed by atoms with E-state index in [0.717, 1.165) is 0 Å². The highest BCUT2D eigenvalue weighted by Gasteiger charge is 2.06. The Kier molecular flexibility index (Phi) is 2.10. The number of benzene rings is 1. The van der Waals surface area contributed by atoms with Gasteiger partial charge in [0.05, 0.1) is 5.69 Å². The van der Waals surface area contributed by atoms with E-state index in [2.05, 4.69) is 0 Å². The van der Waals surface area contributed by atoms with Crippen LogP contribution in [0.4, 0.5) is 10.1 Å². The predicted molar refractivity (Wildman–Crippen MR) is 43.4 cm³/mol. The summed E-state index contributed by atoms with van der Waals surface area (Å²) in [7, 11) is 0. The maximum absolute atomic E-state index is 12.8. The van der Waals surface area contributed by atoms with E-state index in [0.29, 0.717) is 5.56 Å². The van der Waals surface area contributed by atoms with Crippen LogP contribution in [0.25, 0.3) is 0 Å². The van der Waals surface area contributed by atoms with Crippen LogP contribution in [0, 0.1) is 5.82 Å². The average Bonchev–Trinajstić information content (AvgIpc) is 1.94. The lowest BCUT2D eigenvalue weighted by Crippen LogP contribution is -2.09. The number of anilines is 1. The van der Waals surface area contributed by atoms with Crippen molar-refractivity contribution in [2.75, 3.05) is 5.73 Å². The van der Waals surface area contributed by atoms with Gasteiger partial charge in [-0.1, -0.05) is 12.1 Å². The first-order chi connectivity index (χ1) is 5.13. The van der Waals surface area contributed by atoms with Crippen molar-refractivity contribution in [3.63, 3.8) is 0 Å². The Labute approximate surface area is 65.0 Å². The van der Waals surface area contributed by atoms with E-state index >= 15 is 0 Å². The van der Waals surface area contributed by atoms with Crippen LogP contribution < -0.4 is 11.5 Å². The Morgan fingerprint density at radius 3 is 2.55 bits per heavy atom. The molecule has 0 spiro atoms. The summed E-state index contributed by atoms with van der Waals surface area (Å²) in [6.45, 7) is 1.77. The highest BCUT2D eigenvalue weighted by atomic mass is 19.1. The molecule has 0 amide bonds. The van der Waals surface area contributed by atoms with Crippen molar-refractivity contribution in [3.05, 3.63) is 29.6 Å². The fourth-order valence-corrected chi connectivity index (χ4v) is 0.951. The normalized spacial score (nSPS) is 13.0. The molecule has 0 unspecified atom stereocenters. The summed E-state index contributed by atoms with van der Waals surface area (Å²) in [4.78, 5) is 0. The quantitative estimate of drug-likeness (QED) is 0.601. The van der Waals surface area contributed by atoms with Crippen molar-refractivity contribution in [1.82, 2.24) is 0 Å². The van der Waals surface area contributed by atoms with Crippen molar-refractivity contribution in [2.45, 2.75) is 13.0 Å². The van der Waals surface area contributed by atoms with Crippen LogP contribution in [0.3, 0.4) is 0 Å². The number of hydrogen-bond acceptors (Lipinski definition) is 2. The largest absolute Gasteiger partial charge is 0.396 e. The van der Waals surface area contributed by atoms with Crippen molar-refractivity contribution in [1.29, 1.82) is 0 Å². The van der Waals surface area contributed by atoms with Crippen LogP contribution in [0.2, 0.25) is 0 Å². The molecule has 1 aromatic carbocycles. The van der Waals surface area contributed by atoms with E-state index in [-0.39, 0.29) is 11.7 Å². The van der Waals surface area contributed by atoms with Crippen LogP contribution in [0.1, 0.15) is 18.5 Å². The van der Waals surface area contributed by atoms with Gasteiger partial charge in [0.25, 0.3) is 0 Å². The molecule has 0 aromatic heterocycles. The third kappa shape index (κ3) is 1.49. The summed E-state index contributed by atoms with van der Waals surface area (Å²) in [6.07, 6.45) is 0. The lowest BCUT2D eigenvalue weighted by atomic mass is 10.1. The maximum Gasteiger partial charge on any atom is 0.146 e. The molecule has 1 rings (SSSR count). The molecule has 11 heavy (non-hydrogen) atoms. The fourth-order valence-electron chi connectivity index (χ4n) is 0.951. The van der Waals surface area contributed by atoms with E-state index in [1.807, 2.05) is 0 Å². The van der Waals surface area contributed by atoms with Gasteiger partial charge in [0.1, 0.15) is 5.82 Å². The first kappa shape index (κ1) is 8.01. The Hall–Kier alpha value is -1.09. The standard InChI is InChI=1S/C8H11FN2/c1-5(10)6-3-2-4-7(9)8(6)11/h2-5H,10-11H2,1H3/t5-/m1/s1. The Morgan fingerprint density at radius 2 is 2.09 bits per heavy atom. The minimum Gasteiger partial charge on any atom is -0.396 e. The van der Waals surface area contributed by atoms with Crippen LogP contribution >= 0.6 is 0 Å². The van der Waals surface area contributed by atoms with Gasteiger partial charge < -0.3 is 11.5 Å². The molecule has 0 radical (unpaired) electrons. The Bertz CT molecular complexity index is 258. The maximum atomic E-state index is 12.8. The summed E-state index contributed by atoms with van der Waals surface area (Å²) in [6, 6.07) is 4.43. The van der Waals surface area contributed by atoms with E-state index in [1.54, 1.807) is 19.1 Å².